The first-order valence-electron chi connectivity index (χ1n) is 4.44. The van der Waals surface area contributed by atoms with Gasteiger partial charge in [0.2, 0.25) is 0 Å². The zero-order valence-corrected chi connectivity index (χ0v) is 7.75. The molecule has 3 aromatic heterocycles. The van der Waals surface area contributed by atoms with E-state index in [1.807, 2.05) is 6.07 Å². The van der Waals surface area contributed by atoms with Crippen molar-refractivity contribution in [3.63, 3.8) is 0 Å². The first-order chi connectivity index (χ1) is 7.36. The molecule has 0 aliphatic carbocycles. The number of rotatable bonds is 1. The average Bonchev–Trinajstić information content (AvgIpc) is 2.87. The topological polar surface area (TPSA) is 84.9 Å². The number of hydrogen-bond acceptors (Lipinski definition) is 4. The highest BCUT2D eigenvalue weighted by Gasteiger charge is 2.08. The van der Waals surface area contributed by atoms with Crippen LogP contribution in [0.2, 0.25) is 0 Å². The number of nitrogen functional groups attached to an aromatic ring is 1. The fraction of sp³-hybridized carbons (Fsp3) is 0. The molecule has 0 atom stereocenters. The van der Waals surface area contributed by atoms with Crippen LogP contribution in [0.4, 0.5) is 5.82 Å². The Labute approximate surface area is 84.8 Å². The second-order valence-electron chi connectivity index (χ2n) is 3.13. The largest absolute Gasteiger partial charge is 0.383 e. The van der Waals surface area contributed by atoms with E-state index in [0.29, 0.717) is 5.82 Å². The van der Waals surface area contributed by atoms with Crippen LogP contribution in [0.1, 0.15) is 0 Å². The fourth-order valence-corrected chi connectivity index (χ4v) is 1.50. The Hall–Kier alpha value is -2.37. The normalized spacial score (nSPS) is 10.9. The van der Waals surface area contributed by atoms with E-state index in [2.05, 4.69) is 20.3 Å². The van der Waals surface area contributed by atoms with E-state index in [1.165, 1.54) is 0 Å². The Kier molecular flexibility index (Phi) is 1.49. The van der Waals surface area contributed by atoms with Crippen LogP contribution in [0.5, 0.6) is 0 Å². The summed E-state index contributed by atoms with van der Waals surface area (Å²) in [7, 11) is 0. The zero-order chi connectivity index (χ0) is 10.3. The number of fused-ring (bicyclic) bond motifs is 1. The summed E-state index contributed by atoms with van der Waals surface area (Å²) in [4.78, 5) is 4.23. The molecule has 6 nitrogen and oxygen atoms in total. The predicted octanol–water partition coefficient (Wildman–Crippen LogP) is 0.702. The van der Waals surface area contributed by atoms with Crippen molar-refractivity contribution in [1.29, 1.82) is 0 Å². The molecule has 0 bridgehead atoms. The molecule has 6 heteroatoms. The second-order valence-corrected chi connectivity index (χ2v) is 3.13. The molecule has 15 heavy (non-hydrogen) atoms. The maximum Gasteiger partial charge on any atom is 0.157 e. The maximum absolute atomic E-state index is 5.97. The van der Waals surface area contributed by atoms with Gasteiger partial charge < -0.3 is 5.73 Å². The molecule has 0 fully saturated rings. The van der Waals surface area contributed by atoms with E-state index < -0.39 is 0 Å². The van der Waals surface area contributed by atoms with Crippen molar-refractivity contribution in [2.24, 2.45) is 0 Å². The molecule has 74 valence electrons. The average molecular weight is 200 g/mol. The van der Waals surface area contributed by atoms with Gasteiger partial charge in [0.25, 0.3) is 0 Å². The monoisotopic (exact) mass is 200 g/mol. The smallest absolute Gasteiger partial charge is 0.157 e. The number of H-pyrrole nitrogens is 1. The van der Waals surface area contributed by atoms with Crippen molar-refractivity contribution in [2.75, 3.05) is 5.73 Å². The molecular formula is C9H8N6. The van der Waals surface area contributed by atoms with Gasteiger partial charge in [-0.1, -0.05) is 0 Å². The lowest BCUT2D eigenvalue weighted by Gasteiger charge is -2.04. The molecule has 3 N–H and O–H groups in total. The van der Waals surface area contributed by atoms with Crippen LogP contribution in [0.3, 0.4) is 0 Å². The van der Waals surface area contributed by atoms with Gasteiger partial charge >= 0.3 is 0 Å². The van der Waals surface area contributed by atoms with Gasteiger partial charge in [-0.05, 0) is 6.07 Å². The van der Waals surface area contributed by atoms with Gasteiger partial charge in [-0.25, -0.2) is 4.98 Å². The van der Waals surface area contributed by atoms with Gasteiger partial charge in [-0.15, -0.1) is 0 Å². The SMILES string of the molecule is Nc1c(-c2ccn[nH]2)cnc2ccnn12. The fourth-order valence-electron chi connectivity index (χ4n) is 1.50. The van der Waals surface area contributed by atoms with Crippen molar-refractivity contribution in [1.82, 2.24) is 24.8 Å². The third-order valence-electron chi connectivity index (χ3n) is 2.24. The molecular weight excluding hydrogens is 192 g/mol. The van der Waals surface area contributed by atoms with Crippen LogP contribution in [0.25, 0.3) is 16.9 Å². The lowest BCUT2D eigenvalue weighted by Crippen LogP contribution is -2.02. The van der Waals surface area contributed by atoms with Gasteiger partial charge in [0.05, 0.1) is 17.5 Å². The number of nitrogens with zero attached hydrogens (tertiary/aromatic N) is 4. The second kappa shape index (κ2) is 2.81. The number of nitrogens with two attached hydrogens (primary N) is 1. The number of nitrogens with one attached hydrogen (secondary N) is 1. The zero-order valence-electron chi connectivity index (χ0n) is 7.75. The van der Waals surface area contributed by atoms with E-state index in [9.17, 15) is 0 Å². The van der Waals surface area contributed by atoms with Gasteiger partial charge in [-0.3, -0.25) is 5.10 Å². The quantitative estimate of drug-likeness (QED) is 0.605. The predicted molar refractivity (Wildman–Crippen MR) is 55.0 cm³/mol. The Balaban J connectivity index is 2.32. The van der Waals surface area contributed by atoms with Crippen molar-refractivity contribution < 1.29 is 0 Å². The standard InChI is InChI=1S/C9H8N6/c10-9-6(7-1-3-12-14-7)5-11-8-2-4-13-15(8)9/h1-5H,10H2,(H,12,14). The minimum Gasteiger partial charge on any atom is -0.383 e. The van der Waals surface area contributed by atoms with E-state index >= 15 is 0 Å². The third kappa shape index (κ3) is 1.08. The summed E-state index contributed by atoms with van der Waals surface area (Å²) in [6.07, 6.45) is 5.04. The van der Waals surface area contributed by atoms with Crippen LogP contribution in [-0.4, -0.2) is 24.8 Å². The van der Waals surface area contributed by atoms with Crippen LogP contribution in [-0.2, 0) is 0 Å². The van der Waals surface area contributed by atoms with E-state index in [4.69, 9.17) is 5.73 Å². The van der Waals surface area contributed by atoms with Crippen molar-refractivity contribution >= 4 is 11.5 Å². The summed E-state index contributed by atoms with van der Waals surface area (Å²) >= 11 is 0. The van der Waals surface area contributed by atoms with E-state index in [-0.39, 0.29) is 0 Å². The van der Waals surface area contributed by atoms with Crippen LogP contribution < -0.4 is 5.73 Å². The van der Waals surface area contributed by atoms with E-state index in [0.717, 1.165) is 16.9 Å². The molecule has 0 radical (unpaired) electrons. The van der Waals surface area contributed by atoms with Crippen LogP contribution in [0, 0.1) is 0 Å². The van der Waals surface area contributed by atoms with Crippen LogP contribution >= 0.6 is 0 Å². The molecule has 3 aromatic rings. The number of hydrogen-bond donors (Lipinski definition) is 2. The molecule has 0 aromatic carbocycles. The molecule has 0 saturated carbocycles. The molecule has 3 heterocycles. The summed E-state index contributed by atoms with van der Waals surface area (Å²) < 4.78 is 1.59. The number of aromatic nitrogens is 5. The Morgan fingerprint density at radius 3 is 3.00 bits per heavy atom. The maximum atomic E-state index is 5.97. The highest BCUT2D eigenvalue weighted by molar-refractivity contribution is 5.71. The lowest BCUT2D eigenvalue weighted by molar-refractivity contribution is 0.951. The van der Waals surface area contributed by atoms with Crippen molar-refractivity contribution in [3.05, 3.63) is 30.7 Å². The van der Waals surface area contributed by atoms with Gasteiger partial charge in [-0.2, -0.15) is 14.7 Å². The first-order valence-corrected chi connectivity index (χ1v) is 4.44. The molecule has 0 aliphatic heterocycles. The van der Waals surface area contributed by atoms with E-state index in [1.54, 1.807) is 29.2 Å². The lowest BCUT2D eigenvalue weighted by atomic mass is 10.2. The van der Waals surface area contributed by atoms with Gasteiger partial charge in [0.15, 0.2) is 5.65 Å². The molecule has 0 aliphatic rings. The summed E-state index contributed by atoms with van der Waals surface area (Å²) in [5.74, 6) is 0.550. The summed E-state index contributed by atoms with van der Waals surface area (Å²) in [5, 5.41) is 10.8. The Morgan fingerprint density at radius 1 is 1.27 bits per heavy atom. The molecule has 3 rings (SSSR count). The Morgan fingerprint density at radius 2 is 2.20 bits per heavy atom. The molecule has 0 unspecified atom stereocenters. The number of aromatic amines is 1. The van der Waals surface area contributed by atoms with Crippen LogP contribution in [0.15, 0.2) is 30.7 Å². The summed E-state index contributed by atoms with van der Waals surface area (Å²) in [5.41, 5.74) is 8.33. The van der Waals surface area contributed by atoms with Crippen molar-refractivity contribution in [3.8, 4) is 11.3 Å². The molecule has 0 amide bonds. The summed E-state index contributed by atoms with van der Waals surface area (Å²) in [6.45, 7) is 0. The molecule has 0 spiro atoms. The Bertz CT molecular complexity index is 594. The molecule has 0 saturated heterocycles. The third-order valence-corrected chi connectivity index (χ3v) is 2.24. The number of anilines is 1. The summed E-state index contributed by atoms with van der Waals surface area (Å²) in [6, 6.07) is 3.63. The first kappa shape index (κ1) is 7.98. The van der Waals surface area contributed by atoms with Gasteiger partial charge in [0, 0.05) is 18.5 Å². The van der Waals surface area contributed by atoms with Crippen molar-refractivity contribution in [2.45, 2.75) is 0 Å². The van der Waals surface area contributed by atoms with Gasteiger partial charge in [0.1, 0.15) is 5.82 Å². The highest BCUT2D eigenvalue weighted by atomic mass is 15.3. The highest BCUT2D eigenvalue weighted by Crippen LogP contribution is 2.22. The minimum absolute atomic E-state index is 0.550. The minimum atomic E-state index is 0.550.